The Kier molecular flexibility index (Phi) is 8.57. The molecule has 0 aliphatic carbocycles. The Bertz CT molecular complexity index is 1270. The van der Waals surface area contributed by atoms with Crippen molar-refractivity contribution in [2.75, 3.05) is 42.7 Å². The largest absolute Gasteiger partial charge is 0.496 e. The third-order valence-electron chi connectivity index (χ3n) is 5.50. The summed E-state index contributed by atoms with van der Waals surface area (Å²) in [6, 6.07) is 13.2. The quantitative estimate of drug-likeness (QED) is 0.277. The predicted octanol–water partition coefficient (Wildman–Crippen LogP) is 4.87. The minimum atomic E-state index is -0.297. The van der Waals surface area contributed by atoms with Gasteiger partial charge in [-0.3, -0.25) is 9.59 Å². The molecule has 0 heterocycles. The fourth-order valence-electron chi connectivity index (χ4n) is 3.72. The minimum Gasteiger partial charge on any atom is -0.496 e. The summed E-state index contributed by atoms with van der Waals surface area (Å²) >= 11 is 0. The van der Waals surface area contributed by atoms with Gasteiger partial charge >= 0.3 is 0 Å². The zero-order valence-electron chi connectivity index (χ0n) is 21.0. The zero-order valence-corrected chi connectivity index (χ0v) is 21.0. The Morgan fingerprint density at radius 2 is 1.22 bits per heavy atom. The number of ether oxygens (including phenoxy) is 6. The Hall–Kier alpha value is -4.46. The average molecular weight is 493 g/mol. The molecule has 3 aromatic rings. The molecule has 8 heteroatoms. The van der Waals surface area contributed by atoms with Crippen LogP contribution >= 0.6 is 0 Å². The lowest BCUT2D eigenvalue weighted by Gasteiger charge is -2.14. The van der Waals surface area contributed by atoms with Gasteiger partial charge in [-0.25, -0.2) is 0 Å². The molecule has 0 saturated carbocycles. The van der Waals surface area contributed by atoms with Gasteiger partial charge in [-0.2, -0.15) is 0 Å². The summed E-state index contributed by atoms with van der Waals surface area (Å²) in [4.78, 5) is 26.3. The number of allylic oxidation sites excluding steroid dienone is 1. The van der Waals surface area contributed by atoms with Gasteiger partial charge in [-0.1, -0.05) is 6.07 Å². The van der Waals surface area contributed by atoms with E-state index in [-0.39, 0.29) is 11.6 Å². The summed E-state index contributed by atoms with van der Waals surface area (Å²) in [5.74, 6) is 1.85. The summed E-state index contributed by atoms with van der Waals surface area (Å²) < 4.78 is 32.1. The third-order valence-corrected chi connectivity index (χ3v) is 5.50. The Labute approximate surface area is 210 Å². The molecule has 0 unspecified atom stereocenters. The van der Waals surface area contributed by atoms with Gasteiger partial charge in [0.15, 0.2) is 34.6 Å². The molecule has 0 bridgehead atoms. The van der Waals surface area contributed by atoms with Crippen LogP contribution in [0.2, 0.25) is 0 Å². The fraction of sp³-hybridized carbons (Fsp3) is 0.214. The molecule has 188 valence electrons. The highest BCUT2D eigenvalue weighted by Crippen LogP contribution is 2.39. The maximum absolute atomic E-state index is 13.3. The van der Waals surface area contributed by atoms with Crippen molar-refractivity contribution < 1.29 is 38.0 Å². The average Bonchev–Trinajstić information content (AvgIpc) is 2.93. The standard InChI is InChI=1S/C28H28O8/c1-31-22-13-11-18(26(30)19-15-24(33-3)28(36-6)25(16-19)34-4)14-17(22)10-12-21(29)20-8-7-9-23(32-2)27(20)35-5/h7-16H,1-6H3/b12-10+. The Balaban J connectivity index is 1.98. The normalized spacial score (nSPS) is 10.6. The van der Waals surface area contributed by atoms with Crippen LogP contribution in [0.1, 0.15) is 31.8 Å². The first-order valence-electron chi connectivity index (χ1n) is 10.9. The molecule has 0 fully saturated rings. The molecule has 8 nitrogen and oxygen atoms in total. The third kappa shape index (κ3) is 5.27. The van der Waals surface area contributed by atoms with E-state index in [9.17, 15) is 9.59 Å². The van der Waals surface area contributed by atoms with Crippen LogP contribution in [0.25, 0.3) is 6.08 Å². The number of rotatable bonds is 11. The van der Waals surface area contributed by atoms with E-state index in [0.29, 0.717) is 56.8 Å². The monoisotopic (exact) mass is 492 g/mol. The van der Waals surface area contributed by atoms with Crippen LogP contribution in [0.15, 0.2) is 54.6 Å². The second-order valence-electron chi connectivity index (χ2n) is 7.44. The van der Waals surface area contributed by atoms with Gasteiger partial charge in [0, 0.05) is 16.7 Å². The second-order valence-corrected chi connectivity index (χ2v) is 7.44. The lowest BCUT2D eigenvalue weighted by molar-refractivity contribution is 0.103. The van der Waals surface area contributed by atoms with Gasteiger partial charge < -0.3 is 28.4 Å². The Morgan fingerprint density at radius 1 is 0.611 bits per heavy atom. The van der Waals surface area contributed by atoms with Crippen molar-refractivity contribution in [3.05, 3.63) is 76.9 Å². The van der Waals surface area contributed by atoms with E-state index in [1.807, 2.05) is 0 Å². The maximum Gasteiger partial charge on any atom is 0.203 e. The van der Waals surface area contributed by atoms with E-state index >= 15 is 0 Å². The second kappa shape index (κ2) is 11.8. The van der Waals surface area contributed by atoms with Gasteiger partial charge in [-0.15, -0.1) is 0 Å². The summed E-state index contributed by atoms with van der Waals surface area (Å²) in [6.07, 6.45) is 2.98. The molecule has 0 aliphatic heterocycles. The molecule has 36 heavy (non-hydrogen) atoms. The van der Waals surface area contributed by atoms with E-state index in [1.54, 1.807) is 54.6 Å². The molecular weight excluding hydrogens is 464 g/mol. The molecule has 0 saturated heterocycles. The lowest BCUT2D eigenvalue weighted by Crippen LogP contribution is -2.05. The highest BCUT2D eigenvalue weighted by molar-refractivity contribution is 6.11. The van der Waals surface area contributed by atoms with Gasteiger partial charge in [0.25, 0.3) is 0 Å². The van der Waals surface area contributed by atoms with Crippen molar-refractivity contribution in [3.8, 4) is 34.5 Å². The molecule has 3 aromatic carbocycles. The minimum absolute atomic E-state index is 0.271. The summed E-state index contributed by atoms with van der Waals surface area (Å²) in [5.41, 5.74) is 1.63. The zero-order chi connectivity index (χ0) is 26.2. The number of carbonyl (C=O) groups excluding carboxylic acids is 2. The number of para-hydroxylation sites is 1. The first-order valence-corrected chi connectivity index (χ1v) is 10.9. The molecule has 0 radical (unpaired) electrons. The van der Waals surface area contributed by atoms with Gasteiger partial charge in [0.2, 0.25) is 5.75 Å². The molecule has 0 amide bonds. The van der Waals surface area contributed by atoms with Crippen molar-refractivity contribution in [1.29, 1.82) is 0 Å². The highest BCUT2D eigenvalue weighted by atomic mass is 16.5. The molecule has 0 atom stereocenters. The lowest BCUT2D eigenvalue weighted by atomic mass is 9.99. The van der Waals surface area contributed by atoms with Crippen LogP contribution in [0.3, 0.4) is 0 Å². The maximum atomic E-state index is 13.3. The van der Waals surface area contributed by atoms with Crippen LogP contribution in [0.4, 0.5) is 0 Å². The van der Waals surface area contributed by atoms with E-state index < -0.39 is 0 Å². The van der Waals surface area contributed by atoms with Crippen molar-refractivity contribution in [1.82, 2.24) is 0 Å². The highest BCUT2D eigenvalue weighted by Gasteiger charge is 2.19. The number of benzene rings is 3. The van der Waals surface area contributed by atoms with Crippen molar-refractivity contribution in [2.24, 2.45) is 0 Å². The molecule has 0 spiro atoms. The molecule has 0 aliphatic rings. The first-order chi connectivity index (χ1) is 17.4. The molecular formula is C28H28O8. The first kappa shape index (κ1) is 26.2. The van der Waals surface area contributed by atoms with Crippen LogP contribution < -0.4 is 28.4 Å². The van der Waals surface area contributed by atoms with E-state index in [0.717, 1.165) is 0 Å². The summed E-state index contributed by atoms with van der Waals surface area (Å²) in [5, 5.41) is 0. The van der Waals surface area contributed by atoms with Crippen molar-refractivity contribution in [2.45, 2.75) is 0 Å². The number of hydrogen-bond acceptors (Lipinski definition) is 8. The van der Waals surface area contributed by atoms with E-state index in [4.69, 9.17) is 28.4 Å². The van der Waals surface area contributed by atoms with E-state index in [1.165, 1.54) is 48.7 Å². The molecule has 0 aromatic heterocycles. The summed E-state index contributed by atoms with van der Waals surface area (Å²) in [7, 11) is 8.95. The summed E-state index contributed by atoms with van der Waals surface area (Å²) in [6.45, 7) is 0. The number of methoxy groups -OCH3 is 6. The molecule has 0 N–H and O–H groups in total. The van der Waals surface area contributed by atoms with Crippen molar-refractivity contribution >= 4 is 17.6 Å². The predicted molar refractivity (Wildman–Crippen MR) is 135 cm³/mol. The molecule has 3 rings (SSSR count). The van der Waals surface area contributed by atoms with E-state index in [2.05, 4.69) is 0 Å². The van der Waals surface area contributed by atoms with Gasteiger partial charge in [-0.05, 0) is 54.6 Å². The van der Waals surface area contributed by atoms with Gasteiger partial charge in [0.1, 0.15) is 5.75 Å². The topological polar surface area (TPSA) is 89.5 Å². The van der Waals surface area contributed by atoms with Crippen molar-refractivity contribution in [3.63, 3.8) is 0 Å². The smallest absolute Gasteiger partial charge is 0.203 e. The fourth-order valence-corrected chi connectivity index (χ4v) is 3.72. The van der Waals surface area contributed by atoms with Crippen LogP contribution in [0.5, 0.6) is 34.5 Å². The van der Waals surface area contributed by atoms with Crippen LogP contribution in [-0.2, 0) is 0 Å². The number of hydrogen-bond donors (Lipinski definition) is 0. The Morgan fingerprint density at radius 3 is 1.78 bits per heavy atom. The van der Waals surface area contributed by atoms with Crippen LogP contribution in [0, 0.1) is 0 Å². The SMILES string of the molecule is COc1ccc(C(=O)c2cc(OC)c(OC)c(OC)c2)cc1/C=C/C(=O)c1cccc(OC)c1OC. The number of carbonyl (C=O) groups is 2. The van der Waals surface area contributed by atoms with Crippen LogP contribution in [-0.4, -0.2) is 54.2 Å². The number of ketones is 2. The van der Waals surface area contributed by atoms with Gasteiger partial charge in [0.05, 0.1) is 48.2 Å².